The molecule has 3 aromatic rings. The molecule has 0 aliphatic carbocycles. The Morgan fingerprint density at radius 2 is 1.73 bits per heavy atom. The third kappa shape index (κ3) is 3.20. The van der Waals surface area contributed by atoms with E-state index in [9.17, 15) is 0 Å². The lowest BCUT2D eigenvalue weighted by Gasteiger charge is -2.18. The van der Waals surface area contributed by atoms with Gasteiger partial charge < -0.3 is 10.1 Å². The van der Waals surface area contributed by atoms with Crippen LogP contribution in [0.25, 0.3) is 0 Å². The molecule has 1 N–H and O–H groups in total. The van der Waals surface area contributed by atoms with Gasteiger partial charge >= 0.3 is 0 Å². The van der Waals surface area contributed by atoms with E-state index in [0.717, 1.165) is 11.3 Å². The molecule has 110 valence electrons. The number of hydrogen-bond acceptors (Lipinski definition) is 5. The summed E-state index contributed by atoms with van der Waals surface area (Å²) >= 11 is 0. The van der Waals surface area contributed by atoms with Gasteiger partial charge in [0.05, 0.1) is 18.8 Å². The number of aromatic nitrogens is 3. The molecule has 2 heterocycles. The van der Waals surface area contributed by atoms with E-state index in [4.69, 9.17) is 4.74 Å². The first-order valence-corrected chi connectivity index (χ1v) is 6.96. The van der Waals surface area contributed by atoms with Gasteiger partial charge in [-0.25, -0.2) is 4.98 Å². The Morgan fingerprint density at radius 1 is 0.909 bits per heavy atom. The van der Waals surface area contributed by atoms with E-state index >= 15 is 0 Å². The Labute approximate surface area is 129 Å². The number of ether oxygens (including phenoxy) is 1. The number of hydrogen-bond donors (Lipinski definition) is 1. The molecule has 2 aromatic heterocycles. The van der Waals surface area contributed by atoms with Crippen LogP contribution in [0.2, 0.25) is 0 Å². The van der Waals surface area contributed by atoms with Crippen LogP contribution in [0.5, 0.6) is 5.88 Å². The largest absolute Gasteiger partial charge is 0.481 e. The van der Waals surface area contributed by atoms with Crippen LogP contribution in [0.3, 0.4) is 0 Å². The van der Waals surface area contributed by atoms with Crippen LogP contribution in [0.4, 0.5) is 5.95 Å². The molecule has 1 atom stereocenters. The van der Waals surface area contributed by atoms with E-state index in [1.54, 1.807) is 25.6 Å². The number of benzene rings is 1. The van der Waals surface area contributed by atoms with Crippen LogP contribution in [0, 0.1) is 0 Å². The van der Waals surface area contributed by atoms with Crippen LogP contribution >= 0.6 is 0 Å². The lowest BCUT2D eigenvalue weighted by Crippen LogP contribution is -2.15. The second kappa shape index (κ2) is 6.67. The highest BCUT2D eigenvalue weighted by atomic mass is 16.5. The Kier molecular flexibility index (Phi) is 4.25. The van der Waals surface area contributed by atoms with Gasteiger partial charge in [-0.15, -0.1) is 0 Å². The molecule has 5 nitrogen and oxygen atoms in total. The smallest absolute Gasteiger partial charge is 0.226 e. The molecule has 3 rings (SSSR count). The van der Waals surface area contributed by atoms with Crippen LogP contribution in [0.1, 0.15) is 17.3 Å². The van der Waals surface area contributed by atoms with E-state index in [-0.39, 0.29) is 6.04 Å². The minimum Gasteiger partial charge on any atom is -0.481 e. The standard InChI is InChI=1S/C17H16N4O/c1-22-15-10-12-19-17(20-15)21-16(13-7-3-2-4-8-13)14-9-5-6-11-18-14/h2-12,16H,1H3,(H,19,20,21)/t16-/m1/s1. The number of nitrogens with zero attached hydrogens (tertiary/aromatic N) is 3. The number of anilines is 1. The maximum absolute atomic E-state index is 5.14. The van der Waals surface area contributed by atoms with Crippen LogP contribution in [0.15, 0.2) is 67.0 Å². The van der Waals surface area contributed by atoms with Gasteiger partial charge in [0, 0.05) is 18.5 Å². The van der Waals surface area contributed by atoms with E-state index in [1.165, 1.54) is 0 Å². The van der Waals surface area contributed by atoms with Crippen molar-refractivity contribution in [2.24, 2.45) is 0 Å². The minimum absolute atomic E-state index is 0.130. The molecule has 1 aromatic carbocycles. The van der Waals surface area contributed by atoms with Gasteiger partial charge in [-0.3, -0.25) is 4.98 Å². The summed E-state index contributed by atoms with van der Waals surface area (Å²) in [6.45, 7) is 0. The van der Waals surface area contributed by atoms with Crippen molar-refractivity contribution in [2.45, 2.75) is 6.04 Å². The molecule has 0 saturated carbocycles. The molecule has 0 aliphatic rings. The summed E-state index contributed by atoms with van der Waals surface area (Å²) in [5, 5.41) is 3.32. The Morgan fingerprint density at radius 3 is 2.45 bits per heavy atom. The normalized spacial score (nSPS) is 11.7. The topological polar surface area (TPSA) is 59.9 Å². The zero-order chi connectivity index (χ0) is 15.2. The second-order valence-corrected chi connectivity index (χ2v) is 4.67. The summed E-state index contributed by atoms with van der Waals surface area (Å²) in [6.07, 6.45) is 3.44. The predicted octanol–water partition coefficient (Wildman–Crippen LogP) is 3.08. The molecular weight excluding hydrogens is 276 g/mol. The molecule has 5 heteroatoms. The molecule has 0 amide bonds. The summed E-state index contributed by atoms with van der Waals surface area (Å²) < 4.78 is 5.14. The lowest BCUT2D eigenvalue weighted by atomic mass is 10.0. The number of pyridine rings is 1. The molecule has 0 bridgehead atoms. The maximum Gasteiger partial charge on any atom is 0.226 e. The quantitative estimate of drug-likeness (QED) is 0.783. The van der Waals surface area contributed by atoms with E-state index in [0.29, 0.717) is 11.8 Å². The molecule has 0 aliphatic heterocycles. The van der Waals surface area contributed by atoms with Crippen molar-refractivity contribution in [3.63, 3.8) is 0 Å². The molecule has 0 spiro atoms. The maximum atomic E-state index is 5.14. The van der Waals surface area contributed by atoms with Crippen LogP contribution in [-0.2, 0) is 0 Å². The molecule has 22 heavy (non-hydrogen) atoms. The van der Waals surface area contributed by atoms with E-state index in [2.05, 4.69) is 20.3 Å². The zero-order valence-electron chi connectivity index (χ0n) is 12.2. The Hall–Kier alpha value is -2.95. The van der Waals surface area contributed by atoms with E-state index in [1.807, 2.05) is 48.5 Å². The van der Waals surface area contributed by atoms with Gasteiger partial charge in [0.15, 0.2) is 0 Å². The van der Waals surface area contributed by atoms with Gasteiger partial charge in [-0.2, -0.15) is 4.98 Å². The summed E-state index contributed by atoms with van der Waals surface area (Å²) in [4.78, 5) is 13.0. The fraction of sp³-hybridized carbons (Fsp3) is 0.118. The third-order valence-electron chi connectivity index (χ3n) is 3.23. The number of nitrogens with one attached hydrogen (secondary N) is 1. The van der Waals surface area contributed by atoms with Crippen molar-refractivity contribution in [3.8, 4) is 5.88 Å². The fourth-order valence-corrected chi connectivity index (χ4v) is 2.17. The first-order valence-electron chi connectivity index (χ1n) is 6.96. The highest BCUT2D eigenvalue weighted by molar-refractivity contribution is 5.39. The van der Waals surface area contributed by atoms with Crippen LogP contribution < -0.4 is 10.1 Å². The van der Waals surface area contributed by atoms with Crippen molar-refractivity contribution < 1.29 is 4.74 Å². The van der Waals surface area contributed by atoms with Gasteiger partial charge in [0.1, 0.15) is 0 Å². The van der Waals surface area contributed by atoms with Crippen LogP contribution in [-0.4, -0.2) is 22.1 Å². The van der Waals surface area contributed by atoms with Gasteiger partial charge in [0.25, 0.3) is 0 Å². The summed E-state index contributed by atoms with van der Waals surface area (Å²) in [5.74, 6) is 1.02. The Bertz CT molecular complexity index is 679. The van der Waals surface area contributed by atoms with Gasteiger partial charge in [-0.1, -0.05) is 36.4 Å². The summed E-state index contributed by atoms with van der Waals surface area (Å²) in [6, 6.07) is 17.5. The molecule has 0 fully saturated rings. The monoisotopic (exact) mass is 292 g/mol. The first-order chi connectivity index (χ1) is 10.9. The highest BCUT2D eigenvalue weighted by Crippen LogP contribution is 2.24. The molecular formula is C17H16N4O. The summed E-state index contributed by atoms with van der Waals surface area (Å²) in [7, 11) is 1.58. The first kappa shape index (κ1) is 14.0. The molecule has 0 unspecified atom stereocenters. The van der Waals surface area contributed by atoms with E-state index < -0.39 is 0 Å². The second-order valence-electron chi connectivity index (χ2n) is 4.67. The average Bonchev–Trinajstić information content (AvgIpc) is 2.61. The molecule has 0 radical (unpaired) electrons. The van der Waals surface area contributed by atoms with Crippen molar-refractivity contribution in [2.75, 3.05) is 12.4 Å². The SMILES string of the molecule is COc1ccnc(N[C@H](c2ccccc2)c2ccccn2)n1. The van der Waals surface area contributed by atoms with Gasteiger partial charge in [-0.05, 0) is 17.7 Å². The van der Waals surface area contributed by atoms with Crippen molar-refractivity contribution in [1.82, 2.24) is 15.0 Å². The Balaban J connectivity index is 1.95. The highest BCUT2D eigenvalue weighted by Gasteiger charge is 2.16. The van der Waals surface area contributed by atoms with Crippen molar-refractivity contribution >= 4 is 5.95 Å². The van der Waals surface area contributed by atoms with Crippen molar-refractivity contribution in [3.05, 3.63) is 78.2 Å². The predicted molar refractivity (Wildman–Crippen MR) is 84.7 cm³/mol. The molecule has 0 saturated heterocycles. The zero-order valence-corrected chi connectivity index (χ0v) is 12.2. The minimum atomic E-state index is -0.130. The van der Waals surface area contributed by atoms with Gasteiger partial charge in [0.2, 0.25) is 11.8 Å². The number of methoxy groups -OCH3 is 1. The summed E-state index contributed by atoms with van der Waals surface area (Å²) in [5.41, 5.74) is 1.99. The van der Waals surface area contributed by atoms with Crippen molar-refractivity contribution in [1.29, 1.82) is 0 Å². The third-order valence-corrected chi connectivity index (χ3v) is 3.23. The number of rotatable bonds is 5. The lowest BCUT2D eigenvalue weighted by molar-refractivity contribution is 0.397. The average molecular weight is 292 g/mol. The fourth-order valence-electron chi connectivity index (χ4n) is 2.17.